The number of rotatable bonds is 7. The first kappa shape index (κ1) is 14.8. The molecule has 4 nitrogen and oxygen atoms in total. The van der Waals surface area contributed by atoms with Crippen LogP contribution >= 0.6 is 0 Å². The number of hydrogen-bond acceptors (Lipinski definition) is 4. The molecule has 4 heteroatoms. The molecule has 15 heavy (non-hydrogen) atoms. The molecule has 92 valence electrons. The van der Waals surface area contributed by atoms with Gasteiger partial charge in [0.1, 0.15) is 0 Å². The van der Waals surface area contributed by atoms with E-state index in [1.807, 2.05) is 4.90 Å². The molecule has 0 aliphatic carbocycles. The van der Waals surface area contributed by atoms with Crippen LogP contribution < -0.4 is 0 Å². The number of hydrogen-bond donors (Lipinski definition) is 2. The van der Waals surface area contributed by atoms with Gasteiger partial charge in [-0.15, -0.1) is 0 Å². The summed E-state index contributed by atoms with van der Waals surface area (Å²) in [7, 11) is 1.65. The predicted molar refractivity (Wildman–Crippen MR) is 60.9 cm³/mol. The lowest BCUT2D eigenvalue weighted by molar-refractivity contribution is -0.0144. The Bertz CT molecular complexity index is 154. The largest absolute Gasteiger partial charge is 0.389 e. The van der Waals surface area contributed by atoms with Crippen LogP contribution in [0.15, 0.2) is 0 Å². The van der Waals surface area contributed by atoms with Crippen LogP contribution in [0, 0.1) is 0 Å². The minimum atomic E-state index is -0.751. The summed E-state index contributed by atoms with van der Waals surface area (Å²) < 4.78 is 5.00. The highest BCUT2D eigenvalue weighted by atomic mass is 16.5. The van der Waals surface area contributed by atoms with E-state index in [1.165, 1.54) is 0 Å². The average molecular weight is 219 g/mol. The standard InChI is InChI=1S/C11H25NO3/c1-10(2,13)8-12(6-7-15-5)9-11(3,4)14/h13-14H,6-9H2,1-5H3. The summed E-state index contributed by atoms with van der Waals surface area (Å²) in [5.41, 5.74) is -1.50. The van der Waals surface area contributed by atoms with Crippen molar-refractivity contribution in [3.63, 3.8) is 0 Å². The second-order valence-corrected chi connectivity index (χ2v) is 5.33. The van der Waals surface area contributed by atoms with Crippen LogP contribution in [-0.4, -0.2) is 59.7 Å². The van der Waals surface area contributed by atoms with Gasteiger partial charge in [0.25, 0.3) is 0 Å². The second kappa shape index (κ2) is 5.80. The molecule has 0 amide bonds. The third-order valence-electron chi connectivity index (χ3n) is 1.83. The van der Waals surface area contributed by atoms with Crippen LogP contribution in [-0.2, 0) is 4.74 Å². The molecule has 0 aromatic carbocycles. The summed E-state index contributed by atoms with van der Waals surface area (Å²) in [6.45, 7) is 9.42. The van der Waals surface area contributed by atoms with Crippen LogP contribution in [0.5, 0.6) is 0 Å². The first-order chi connectivity index (χ1) is 6.64. The molecule has 0 aromatic heterocycles. The zero-order valence-electron chi connectivity index (χ0n) is 10.6. The van der Waals surface area contributed by atoms with Crippen LogP contribution in [0.4, 0.5) is 0 Å². The van der Waals surface area contributed by atoms with Gasteiger partial charge in [-0.25, -0.2) is 0 Å². The first-order valence-electron chi connectivity index (χ1n) is 5.30. The van der Waals surface area contributed by atoms with Crippen LogP contribution in [0.1, 0.15) is 27.7 Å². The maximum Gasteiger partial charge on any atom is 0.0718 e. The SMILES string of the molecule is COCCN(CC(C)(C)O)CC(C)(C)O. The normalized spacial score (nSPS) is 13.6. The fraction of sp³-hybridized carbons (Fsp3) is 1.00. The van der Waals surface area contributed by atoms with E-state index < -0.39 is 11.2 Å². The number of nitrogens with zero attached hydrogens (tertiary/aromatic N) is 1. The van der Waals surface area contributed by atoms with Gasteiger partial charge < -0.3 is 14.9 Å². The van der Waals surface area contributed by atoms with Crippen molar-refractivity contribution in [2.75, 3.05) is 33.4 Å². The maximum atomic E-state index is 9.72. The molecule has 0 rings (SSSR count). The Morgan fingerprint density at radius 1 is 1.00 bits per heavy atom. The van der Waals surface area contributed by atoms with Crippen LogP contribution in [0.25, 0.3) is 0 Å². The summed E-state index contributed by atoms with van der Waals surface area (Å²) in [6.07, 6.45) is 0. The highest BCUT2D eigenvalue weighted by Crippen LogP contribution is 2.10. The van der Waals surface area contributed by atoms with E-state index >= 15 is 0 Å². The highest BCUT2D eigenvalue weighted by Gasteiger charge is 2.23. The number of aliphatic hydroxyl groups is 2. The second-order valence-electron chi connectivity index (χ2n) is 5.33. The first-order valence-corrected chi connectivity index (χ1v) is 5.30. The van der Waals surface area contributed by atoms with E-state index in [9.17, 15) is 10.2 Å². The van der Waals surface area contributed by atoms with E-state index in [1.54, 1.807) is 34.8 Å². The molecule has 0 radical (unpaired) electrons. The summed E-state index contributed by atoms with van der Waals surface area (Å²) in [5, 5.41) is 19.4. The topological polar surface area (TPSA) is 52.9 Å². The molecule has 0 unspecified atom stereocenters. The molecule has 0 aliphatic heterocycles. The van der Waals surface area contributed by atoms with Crippen molar-refractivity contribution in [1.82, 2.24) is 4.90 Å². The summed E-state index contributed by atoms with van der Waals surface area (Å²) in [4.78, 5) is 2.00. The maximum absolute atomic E-state index is 9.72. The number of methoxy groups -OCH3 is 1. The van der Waals surface area contributed by atoms with Gasteiger partial charge in [0.15, 0.2) is 0 Å². The van der Waals surface area contributed by atoms with Gasteiger partial charge in [-0.05, 0) is 27.7 Å². The van der Waals surface area contributed by atoms with Crippen molar-refractivity contribution in [2.45, 2.75) is 38.9 Å². The molecule has 0 fully saturated rings. The third-order valence-corrected chi connectivity index (χ3v) is 1.83. The van der Waals surface area contributed by atoms with E-state index in [4.69, 9.17) is 4.74 Å². The Hall–Kier alpha value is -0.160. The molecule has 0 aliphatic rings. The van der Waals surface area contributed by atoms with Gasteiger partial charge in [0.2, 0.25) is 0 Å². The molecule has 0 atom stereocenters. The summed E-state index contributed by atoms with van der Waals surface area (Å²) in [6, 6.07) is 0. The fourth-order valence-electron chi connectivity index (χ4n) is 1.53. The molecule has 2 N–H and O–H groups in total. The Morgan fingerprint density at radius 3 is 1.67 bits per heavy atom. The molecule has 0 aromatic rings. The molecule has 0 bridgehead atoms. The lowest BCUT2D eigenvalue weighted by atomic mass is 10.1. The van der Waals surface area contributed by atoms with Crippen molar-refractivity contribution in [1.29, 1.82) is 0 Å². The average Bonchev–Trinajstić information content (AvgIpc) is 1.94. The number of ether oxygens (including phenoxy) is 1. The Balaban J connectivity index is 4.19. The van der Waals surface area contributed by atoms with Crippen molar-refractivity contribution in [3.8, 4) is 0 Å². The lowest BCUT2D eigenvalue weighted by Crippen LogP contribution is -2.46. The van der Waals surface area contributed by atoms with Crippen molar-refractivity contribution in [2.24, 2.45) is 0 Å². The van der Waals surface area contributed by atoms with E-state index in [0.29, 0.717) is 26.2 Å². The highest BCUT2D eigenvalue weighted by molar-refractivity contribution is 4.77. The van der Waals surface area contributed by atoms with E-state index in [-0.39, 0.29) is 0 Å². The Morgan fingerprint density at radius 2 is 1.40 bits per heavy atom. The third kappa shape index (κ3) is 10.1. The van der Waals surface area contributed by atoms with Gasteiger partial charge in [0, 0.05) is 26.7 Å². The zero-order chi connectivity index (χ0) is 12.1. The Kier molecular flexibility index (Phi) is 5.73. The monoisotopic (exact) mass is 219 g/mol. The molecule has 0 saturated carbocycles. The van der Waals surface area contributed by atoms with Crippen LogP contribution in [0.2, 0.25) is 0 Å². The fourth-order valence-corrected chi connectivity index (χ4v) is 1.53. The summed E-state index contributed by atoms with van der Waals surface area (Å²) >= 11 is 0. The molecular weight excluding hydrogens is 194 g/mol. The van der Waals surface area contributed by atoms with Crippen LogP contribution in [0.3, 0.4) is 0 Å². The smallest absolute Gasteiger partial charge is 0.0718 e. The van der Waals surface area contributed by atoms with Gasteiger partial charge in [-0.3, -0.25) is 4.90 Å². The molecular formula is C11H25NO3. The van der Waals surface area contributed by atoms with Gasteiger partial charge in [0.05, 0.1) is 17.8 Å². The molecule has 0 saturated heterocycles. The Labute approximate surface area is 92.9 Å². The lowest BCUT2D eigenvalue weighted by Gasteiger charge is -2.33. The van der Waals surface area contributed by atoms with E-state index in [0.717, 1.165) is 0 Å². The van der Waals surface area contributed by atoms with Gasteiger partial charge in [-0.1, -0.05) is 0 Å². The van der Waals surface area contributed by atoms with Crippen molar-refractivity contribution < 1.29 is 14.9 Å². The zero-order valence-corrected chi connectivity index (χ0v) is 10.6. The summed E-state index contributed by atoms with van der Waals surface area (Å²) in [5.74, 6) is 0. The molecule has 0 spiro atoms. The van der Waals surface area contributed by atoms with Gasteiger partial charge in [-0.2, -0.15) is 0 Å². The van der Waals surface area contributed by atoms with Crippen molar-refractivity contribution >= 4 is 0 Å². The quantitative estimate of drug-likeness (QED) is 0.654. The minimum Gasteiger partial charge on any atom is -0.389 e. The minimum absolute atomic E-state index is 0.528. The van der Waals surface area contributed by atoms with Crippen molar-refractivity contribution in [3.05, 3.63) is 0 Å². The predicted octanol–water partition coefficient (Wildman–Crippen LogP) is 0.477. The van der Waals surface area contributed by atoms with E-state index in [2.05, 4.69) is 0 Å². The van der Waals surface area contributed by atoms with Gasteiger partial charge >= 0.3 is 0 Å². The molecule has 0 heterocycles.